The lowest BCUT2D eigenvalue weighted by Gasteiger charge is -2.65. The highest BCUT2D eigenvalue weighted by atomic mass is 16.5. The number of fused-ring (bicyclic) bond motifs is 1. The summed E-state index contributed by atoms with van der Waals surface area (Å²) in [6.45, 7) is 1.14. The number of hydrogen-bond donors (Lipinski definition) is 3. The molecule has 2 aliphatic heterocycles. The van der Waals surface area contributed by atoms with Crippen molar-refractivity contribution in [3.05, 3.63) is 30.0 Å². The molecule has 36 heavy (non-hydrogen) atoms. The molecule has 3 amide bonds. The fraction of sp³-hybridized carbons (Fsp3) is 0.556. The molecule has 3 heterocycles. The minimum Gasteiger partial charge on any atom is -0.496 e. The van der Waals surface area contributed by atoms with E-state index in [1.54, 1.807) is 18.1 Å². The van der Waals surface area contributed by atoms with Crippen molar-refractivity contribution in [2.75, 3.05) is 20.2 Å². The van der Waals surface area contributed by atoms with Crippen molar-refractivity contribution in [2.24, 2.45) is 23.2 Å². The third-order valence-electron chi connectivity index (χ3n) is 9.05. The number of carbonyl (C=O) groups excluding carboxylic acids is 3. The molecule has 3 N–H and O–H groups in total. The molecular weight excluding hydrogens is 458 g/mol. The number of H-pyrrole nitrogens is 1. The maximum atomic E-state index is 13.8. The van der Waals surface area contributed by atoms with Gasteiger partial charge in [-0.3, -0.25) is 14.4 Å². The summed E-state index contributed by atoms with van der Waals surface area (Å²) in [5.41, 5.74) is 1.48. The van der Waals surface area contributed by atoms with E-state index in [2.05, 4.69) is 21.7 Å². The predicted octanol–water partition coefficient (Wildman–Crippen LogP) is 2.34. The second-order valence-electron chi connectivity index (χ2n) is 11.1. The molecule has 3 aliphatic carbocycles. The predicted molar refractivity (Wildman–Crippen MR) is 131 cm³/mol. The molecule has 2 aromatic rings. The van der Waals surface area contributed by atoms with Gasteiger partial charge in [0.05, 0.1) is 13.2 Å². The van der Waals surface area contributed by atoms with Crippen LogP contribution >= 0.6 is 0 Å². The summed E-state index contributed by atoms with van der Waals surface area (Å²) in [5.74, 6) is 0.900. The Kier molecular flexibility index (Phi) is 5.43. The van der Waals surface area contributed by atoms with E-state index < -0.39 is 12.1 Å². The Morgan fingerprint density at radius 3 is 2.78 bits per heavy atom. The Labute approximate surface area is 209 Å². The van der Waals surface area contributed by atoms with Crippen LogP contribution in [0.15, 0.2) is 24.3 Å². The molecule has 188 valence electrons. The number of methoxy groups -OCH3 is 1. The molecule has 2 bridgehead atoms. The van der Waals surface area contributed by atoms with Crippen LogP contribution in [0.1, 0.15) is 49.0 Å². The van der Waals surface area contributed by atoms with Crippen LogP contribution in [0.25, 0.3) is 10.9 Å². The average Bonchev–Trinajstić information content (AvgIpc) is 3.54. The first-order valence-corrected chi connectivity index (χ1v) is 12.8. The molecule has 5 aliphatic rings. The summed E-state index contributed by atoms with van der Waals surface area (Å²) >= 11 is 0. The van der Waals surface area contributed by atoms with Gasteiger partial charge in [0, 0.05) is 29.9 Å². The van der Waals surface area contributed by atoms with E-state index in [1.165, 1.54) is 19.3 Å². The van der Waals surface area contributed by atoms with Crippen LogP contribution in [0.4, 0.5) is 0 Å². The molecule has 7 rings (SSSR count). The molecule has 9 heteroatoms. The summed E-state index contributed by atoms with van der Waals surface area (Å²) < 4.78 is 5.44. The summed E-state index contributed by atoms with van der Waals surface area (Å²) in [7, 11) is 1.60. The first-order chi connectivity index (χ1) is 17.4. The van der Waals surface area contributed by atoms with Crippen LogP contribution in [0.2, 0.25) is 0 Å². The van der Waals surface area contributed by atoms with E-state index in [0.29, 0.717) is 37.4 Å². The third kappa shape index (κ3) is 3.62. The minimum atomic E-state index is -0.769. The maximum Gasteiger partial charge on any atom is 0.270 e. The van der Waals surface area contributed by atoms with E-state index in [-0.39, 0.29) is 41.4 Å². The molecule has 1 unspecified atom stereocenters. The Hall–Kier alpha value is -3.54. The van der Waals surface area contributed by atoms with Crippen LogP contribution in [0, 0.1) is 34.5 Å². The van der Waals surface area contributed by atoms with Gasteiger partial charge in [-0.15, -0.1) is 0 Å². The lowest BCUT2D eigenvalue weighted by atomic mass is 9.40. The van der Waals surface area contributed by atoms with Crippen molar-refractivity contribution in [1.82, 2.24) is 20.5 Å². The van der Waals surface area contributed by atoms with Crippen LogP contribution < -0.4 is 15.4 Å². The smallest absolute Gasteiger partial charge is 0.270 e. The number of likely N-dealkylation sites (tertiary alicyclic amines) is 1. The second-order valence-corrected chi connectivity index (χ2v) is 11.1. The highest BCUT2D eigenvalue weighted by Crippen LogP contribution is 2.69. The molecule has 3 saturated carbocycles. The molecule has 9 nitrogen and oxygen atoms in total. The number of nitrogens with one attached hydrogen (secondary N) is 3. The lowest BCUT2D eigenvalue weighted by molar-refractivity contribution is -0.147. The number of nitrogens with zero attached hydrogens (tertiary/aromatic N) is 2. The Morgan fingerprint density at radius 2 is 2.14 bits per heavy atom. The number of aromatic amines is 1. The van der Waals surface area contributed by atoms with Crippen LogP contribution in [0.5, 0.6) is 5.75 Å². The van der Waals surface area contributed by atoms with Crippen molar-refractivity contribution in [3.8, 4) is 11.8 Å². The fourth-order valence-electron chi connectivity index (χ4n) is 6.94. The summed E-state index contributed by atoms with van der Waals surface area (Å²) in [6, 6.07) is 8.13. The molecule has 0 radical (unpaired) electrons. The van der Waals surface area contributed by atoms with Gasteiger partial charge in [0.2, 0.25) is 11.8 Å². The first kappa shape index (κ1) is 22.9. The van der Waals surface area contributed by atoms with E-state index in [9.17, 15) is 19.6 Å². The van der Waals surface area contributed by atoms with Crippen molar-refractivity contribution < 1.29 is 19.1 Å². The number of ether oxygens (including phenoxy) is 1. The van der Waals surface area contributed by atoms with Crippen molar-refractivity contribution >= 4 is 28.6 Å². The summed E-state index contributed by atoms with van der Waals surface area (Å²) in [4.78, 5) is 44.1. The number of aromatic nitrogens is 1. The van der Waals surface area contributed by atoms with Crippen molar-refractivity contribution in [3.63, 3.8) is 0 Å². The topological polar surface area (TPSA) is 127 Å². The molecule has 5 fully saturated rings. The van der Waals surface area contributed by atoms with E-state index >= 15 is 0 Å². The second kappa shape index (κ2) is 8.54. The van der Waals surface area contributed by atoms with Gasteiger partial charge in [-0.05, 0) is 74.0 Å². The molecule has 4 atom stereocenters. The van der Waals surface area contributed by atoms with Crippen LogP contribution in [-0.4, -0.2) is 59.9 Å². The minimum absolute atomic E-state index is 0.0694. The van der Waals surface area contributed by atoms with E-state index in [4.69, 9.17) is 4.74 Å². The third-order valence-corrected chi connectivity index (χ3v) is 9.05. The molecule has 2 saturated heterocycles. The number of amides is 3. The van der Waals surface area contributed by atoms with E-state index in [0.717, 1.165) is 16.8 Å². The van der Waals surface area contributed by atoms with Crippen molar-refractivity contribution in [1.29, 1.82) is 5.26 Å². The molecule has 0 spiro atoms. The normalized spacial score (nSPS) is 31.2. The largest absolute Gasteiger partial charge is 0.496 e. The van der Waals surface area contributed by atoms with Gasteiger partial charge < -0.3 is 25.3 Å². The SMILES string of the molecule is COc1cccc2[nH]c(C(=O)N3CC(C45CC(C4)C5)C[C@H]3C(=O)N[C@H](C#N)C[C@@H]3CCNC3=O)cc12. The van der Waals surface area contributed by atoms with Gasteiger partial charge >= 0.3 is 0 Å². The average molecular weight is 490 g/mol. The Balaban J connectivity index is 1.23. The van der Waals surface area contributed by atoms with Gasteiger partial charge in [0.1, 0.15) is 23.5 Å². The zero-order valence-corrected chi connectivity index (χ0v) is 20.4. The molecular formula is C27H31N5O4. The van der Waals surface area contributed by atoms with Gasteiger partial charge in [0.15, 0.2) is 0 Å². The van der Waals surface area contributed by atoms with Gasteiger partial charge in [-0.2, -0.15) is 5.26 Å². The molecule has 1 aromatic heterocycles. The Morgan fingerprint density at radius 1 is 1.33 bits per heavy atom. The number of rotatable bonds is 7. The number of nitriles is 1. The zero-order chi connectivity index (χ0) is 25.0. The summed E-state index contributed by atoms with van der Waals surface area (Å²) in [6.07, 6.45) is 5.12. The monoisotopic (exact) mass is 489 g/mol. The van der Waals surface area contributed by atoms with Gasteiger partial charge in [-0.25, -0.2) is 0 Å². The highest BCUT2D eigenvalue weighted by Gasteiger charge is 2.62. The molecule has 1 aromatic carbocycles. The highest BCUT2D eigenvalue weighted by molar-refractivity contribution is 6.01. The zero-order valence-electron chi connectivity index (χ0n) is 20.4. The number of hydrogen-bond acceptors (Lipinski definition) is 5. The lowest BCUT2D eigenvalue weighted by Crippen LogP contribution is -2.56. The fourth-order valence-corrected chi connectivity index (χ4v) is 6.94. The quantitative estimate of drug-likeness (QED) is 0.550. The van der Waals surface area contributed by atoms with Crippen molar-refractivity contribution in [2.45, 2.75) is 50.6 Å². The number of benzene rings is 1. The van der Waals surface area contributed by atoms with E-state index in [1.807, 2.05) is 18.2 Å². The standard InChI is InChI=1S/C27H31N5O4/c1-36-23-4-2-3-20-19(23)9-21(31-20)26(35)32-14-17(27-10-15(11-27)12-27)8-22(32)25(34)30-18(13-28)7-16-5-6-29-24(16)33/h2-4,9,15-18,22,31H,5-8,10-12,14H2,1H3,(H,29,33)(H,30,34)/t15?,16-,17?,18-,22-,27?/m0/s1. The van der Waals surface area contributed by atoms with Gasteiger partial charge in [-0.1, -0.05) is 6.07 Å². The maximum absolute atomic E-state index is 13.8. The number of carbonyl (C=O) groups is 3. The first-order valence-electron chi connectivity index (χ1n) is 12.8. The van der Waals surface area contributed by atoms with Crippen LogP contribution in [-0.2, 0) is 9.59 Å². The summed E-state index contributed by atoms with van der Waals surface area (Å²) in [5, 5.41) is 16.1. The van der Waals surface area contributed by atoms with Gasteiger partial charge in [0.25, 0.3) is 5.91 Å². The Bertz CT molecular complexity index is 1260. The van der Waals surface area contributed by atoms with Crippen LogP contribution in [0.3, 0.4) is 0 Å².